The first-order chi connectivity index (χ1) is 15.7. The van der Waals surface area contributed by atoms with Crippen LogP contribution in [0.25, 0.3) is 16.7 Å². The van der Waals surface area contributed by atoms with Crippen molar-refractivity contribution >= 4 is 28.3 Å². The lowest BCUT2D eigenvalue weighted by atomic mass is 10.2. The Morgan fingerprint density at radius 1 is 1.18 bits per heavy atom. The average molecular weight is 475 g/mol. The fourth-order valence-electron chi connectivity index (χ4n) is 3.47. The Hall–Kier alpha value is -3.67. The van der Waals surface area contributed by atoms with Crippen molar-refractivity contribution in [3.63, 3.8) is 0 Å². The molecule has 0 spiro atoms. The van der Waals surface area contributed by atoms with Crippen LogP contribution in [0.15, 0.2) is 18.5 Å². The lowest BCUT2D eigenvalue weighted by Crippen LogP contribution is -2.21. The van der Waals surface area contributed by atoms with E-state index in [0.717, 1.165) is 5.56 Å². The normalized spacial score (nSPS) is 12.3. The van der Waals surface area contributed by atoms with Gasteiger partial charge in [0, 0.05) is 12.4 Å². The van der Waals surface area contributed by atoms with Gasteiger partial charge in [0.2, 0.25) is 5.28 Å². The minimum Gasteiger partial charge on any atom is -0.469 e. The fraction of sp³-hybridized carbons (Fsp3) is 0.350. The summed E-state index contributed by atoms with van der Waals surface area (Å²) in [4.78, 5) is 23.4. The van der Waals surface area contributed by atoms with Gasteiger partial charge in [0.25, 0.3) is 0 Å². The maximum atomic E-state index is 14.8. The number of halogens is 2. The second-order valence-electron chi connectivity index (χ2n) is 7.58. The summed E-state index contributed by atoms with van der Waals surface area (Å²) in [6, 6.07) is 1.81. The van der Waals surface area contributed by atoms with Crippen LogP contribution in [-0.4, -0.2) is 52.2 Å². The summed E-state index contributed by atoms with van der Waals surface area (Å²) >= 11 is 5.85. The van der Waals surface area contributed by atoms with Gasteiger partial charge in [-0.1, -0.05) is 0 Å². The summed E-state index contributed by atoms with van der Waals surface area (Å²) in [5, 5.41) is 20.9. The molecule has 0 radical (unpaired) electrons. The summed E-state index contributed by atoms with van der Waals surface area (Å²) < 4.78 is 23.0. The Labute approximate surface area is 192 Å². The second-order valence-corrected chi connectivity index (χ2v) is 7.92. The highest BCUT2D eigenvalue weighted by atomic mass is 35.5. The molecule has 0 saturated carbocycles. The zero-order valence-corrected chi connectivity index (χ0v) is 19.0. The number of nitrogens with zero attached hydrogens (tertiary/aromatic N) is 8. The smallest absolute Gasteiger partial charge is 0.353 e. The number of alkyl halides is 1. The second kappa shape index (κ2) is 8.70. The Morgan fingerprint density at radius 3 is 2.67 bits per heavy atom. The molecule has 172 valence electrons. The van der Waals surface area contributed by atoms with E-state index in [1.165, 1.54) is 15.6 Å². The number of aromatic nitrogens is 7. The van der Waals surface area contributed by atoms with Gasteiger partial charge in [0.05, 0.1) is 33.9 Å². The van der Waals surface area contributed by atoms with E-state index in [1.54, 1.807) is 27.0 Å². The lowest BCUT2D eigenvalue weighted by molar-refractivity contribution is -0.386. The maximum Gasteiger partial charge on any atom is 0.353 e. The first-order valence-electron chi connectivity index (χ1n) is 9.96. The summed E-state index contributed by atoms with van der Waals surface area (Å²) in [6.07, 6.45) is 1.66. The zero-order chi connectivity index (χ0) is 23.9. The number of fused-ring (bicyclic) bond motifs is 1. The maximum absolute atomic E-state index is 14.8. The van der Waals surface area contributed by atoms with Crippen LogP contribution < -0.4 is 4.74 Å². The summed E-state index contributed by atoms with van der Waals surface area (Å²) in [6.45, 7) is 6.27. The molecule has 0 aromatic carbocycles. The molecule has 0 fully saturated rings. The number of aryl methyl sites for hydroxylation is 3. The molecule has 0 aliphatic heterocycles. The molecule has 4 rings (SSSR count). The van der Waals surface area contributed by atoms with Crippen LogP contribution in [0.4, 0.5) is 10.1 Å². The van der Waals surface area contributed by atoms with Gasteiger partial charge in [0.1, 0.15) is 12.3 Å². The third-order valence-corrected chi connectivity index (χ3v) is 5.26. The van der Waals surface area contributed by atoms with Crippen LogP contribution in [0.5, 0.6) is 5.88 Å². The van der Waals surface area contributed by atoms with Crippen LogP contribution in [-0.2, 0) is 6.54 Å². The number of hydrogen-bond acceptors (Lipinski definition) is 8. The molecule has 1 atom stereocenters. The van der Waals surface area contributed by atoms with Crippen LogP contribution in [0.2, 0.25) is 5.28 Å². The molecule has 4 heterocycles. The Morgan fingerprint density at radius 2 is 1.94 bits per heavy atom. The highest BCUT2D eigenvalue weighted by molar-refractivity contribution is 6.28. The van der Waals surface area contributed by atoms with Crippen molar-refractivity contribution < 1.29 is 14.1 Å². The van der Waals surface area contributed by atoms with Gasteiger partial charge in [-0.3, -0.25) is 15.1 Å². The Bertz CT molecular complexity index is 1370. The van der Waals surface area contributed by atoms with Crippen molar-refractivity contribution in [2.75, 3.05) is 6.61 Å². The molecule has 4 aromatic heterocycles. The molecule has 11 nitrogen and oxygen atoms in total. The molecule has 13 heteroatoms. The van der Waals surface area contributed by atoms with E-state index >= 15 is 0 Å². The molecule has 0 saturated heterocycles. The van der Waals surface area contributed by atoms with Gasteiger partial charge in [-0.2, -0.15) is 10.1 Å². The molecule has 0 aliphatic carbocycles. The highest BCUT2D eigenvalue weighted by Gasteiger charge is 2.29. The Balaban J connectivity index is 1.58. The molecule has 33 heavy (non-hydrogen) atoms. The van der Waals surface area contributed by atoms with Crippen molar-refractivity contribution in [3.8, 4) is 11.6 Å². The quantitative estimate of drug-likeness (QED) is 0.226. The first-order valence-corrected chi connectivity index (χ1v) is 10.3. The van der Waals surface area contributed by atoms with Crippen molar-refractivity contribution in [1.82, 2.24) is 34.5 Å². The molecule has 0 N–H and O–H groups in total. The predicted octanol–water partition coefficient (Wildman–Crippen LogP) is 3.62. The van der Waals surface area contributed by atoms with Crippen LogP contribution in [0, 0.1) is 37.8 Å². The highest BCUT2D eigenvalue weighted by Crippen LogP contribution is 2.32. The van der Waals surface area contributed by atoms with Crippen molar-refractivity contribution in [3.05, 3.63) is 56.5 Å². The third-order valence-electron chi connectivity index (χ3n) is 5.08. The lowest BCUT2D eigenvalue weighted by Gasteiger charge is -2.09. The molecule has 4 aromatic rings. The SMILES string of the molecule is Cc1cnc(C)c(-n2nc(OCC(F)Cn3nc(C)c4cnc(Cl)nc43)c([N+](=O)[O-])c2C)c1. The van der Waals surface area contributed by atoms with Gasteiger partial charge >= 0.3 is 11.6 Å². The number of hydrogen-bond donors (Lipinski definition) is 0. The number of pyridine rings is 1. The summed E-state index contributed by atoms with van der Waals surface area (Å²) in [5.74, 6) is -0.270. The van der Waals surface area contributed by atoms with E-state index < -0.39 is 17.7 Å². The van der Waals surface area contributed by atoms with Crippen LogP contribution in [0.3, 0.4) is 0 Å². The largest absolute Gasteiger partial charge is 0.469 e. The van der Waals surface area contributed by atoms with Crippen molar-refractivity contribution in [2.24, 2.45) is 0 Å². The van der Waals surface area contributed by atoms with Gasteiger partial charge in [0.15, 0.2) is 11.8 Å². The van der Waals surface area contributed by atoms with E-state index in [0.29, 0.717) is 28.1 Å². The minimum atomic E-state index is -1.55. The number of ether oxygens (including phenoxy) is 1. The van der Waals surface area contributed by atoms with E-state index in [9.17, 15) is 14.5 Å². The number of rotatable bonds is 7. The Kier molecular flexibility index (Phi) is 5.93. The number of nitro groups is 1. The van der Waals surface area contributed by atoms with E-state index in [4.69, 9.17) is 16.3 Å². The standard InChI is InChI=1S/C20H20ClFN8O3/c1-10-5-16(12(3)23-6-10)29-13(4)17(30(31)32)19(27-29)33-9-14(22)8-28-18-15(11(2)26-28)7-24-20(21)25-18/h5-7,14H,8-9H2,1-4H3. The van der Waals surface area contributed by atoms with Crippen molar-refractivity contribution in [2.45, 2.75) is 40.4 Å². The van der Waals surface area contributed by atoms with Crippen LogP contribution in [0.1, 0.15) is 22.6 Å². The van der Waals surface area contributed by atoms with Crippen molar-refractivity contribution in [1.29, 1.82) is 0 Å². The van der Waals surface area contributed by atoms with E-state index in [-0.39, 0.29) is 29.1 Å². The minimum absolute atomic E-state index is 0.0212. The molecule has 0 amide bonds. The summed E-state index contributed by atoms with van der Waals surface area (Å²) in [7, 11) is 0. The molecule has 0 aliphatic rings. The topological polar surface area (TPSA) is 127 Å². The molecular formula is C20H20ClFN8O3. The van der Waals surface area contributed by atoms with Gasteiger partial charge in [-0.15, -0.1) is 5.10 Å². The first kappa shape index (κ1) is 22.5. The summed E-state index contributed by atoms with van der Waals surface area (Å²) in [5.41, 5.74) is 3.02. The zero-order valence-electron chi connectivity index (χ0n) is 18.3. The molecule has 0 bridgehead atoms. The average Bonchev–Trinajstić information content (AvgIpc) is 3.24. The molecular weight excluding hydrogens is 455 g/mol. The van der Waals surface area contributed by atoms with Gasteiger partial charge in [-0.25, -0.2) is 18.7 Å². The van der Waals surface area contributed by atoms with E-state index in [1.807, 2.05) is 13.0 Å². The van der Waals surface area contributed by atoms with Gasteiger partial charge in [-0.05, 0) is 50.9 Å². The molecule has 1 unspecified atom stereocenters. The van der Waals surface area contributed by atoms with E-state index in [2.05, 4.69) is 25.1 Å². The van der Waals surface area contributed by atoms with Gasteiger partial charge < -0.3 is 4.74 Å². The monoisotopic (exact) mass is 474 g/mol. The fourth-order valence-corrected chi connectivity index (χ4v) is 3.60. The predicted molar refractivity (Wildman–Crippen MR) is 118 cm³/mol. The van der Waals surface area contributed by atoms with Crippen LogP contribution >= 0.6 is 11.6 Å². The third kappa shape index (κ3) is 4.33.